The molecule has 2 aromatic carbocycles. The maximum atomic E-state index is 12.9. The first-order chi connectivity index (χ1) is 16.0. The van der Waals surface area contributed by atoms with Crippen molar-refractivity contribution in [2.24, 2.45) is 7.05 Å². The zero-order valence-electron chi connectivity index (χ0n) is 18.7. The lowest BCUT2D eigenvalue weighted by Gasteiger charge is -2.12. The molecule has 0 unspecified atom stereocenters. The molecule has 4 rings (SSSR count). The van der Waals surface area contributed by atoms with E-state index >= 15 is 0 Å². The van der Waals surface area contributed by atoms with Crippen LogP contribution in [0.1, 0.15) is 31.0 Å². The Hall–Kier alpha value is -4.08. The number of nitrogens with zero attached hydrogens (tertiary/aromatic N) is 3. The lowest BCUT2D eigenvalue weighted by atomic mass is 9.99. The molecule has 0 saturated heterocycles. The molecule has 0 fully saturated rings. The molecule has 4 aromatic rings. The van der Waals surface area contributed by atoms with Crippen molar-refractivity contribution in [2.75, 3.05) is 16.4 Å². The number of fused-ring (bicyclic) bond motifs is 1. The van der Waals surface area contributed by atoms with Crippen molar-refractivity contribution in [3.63, 3.8) is 0 Å². The summed E-state index contributed by atoms with van der Waals surface area (Å²) in [6.45, 7) is 4.10. The van der Waals surface area contributed by atoms with E-state index in [0.717, 1.165) is 34.3 Å². The van der Waals surface area contributed by atoms with Crippen molar-refractivity contribution >= 4 is 34.3 Å². The van der Waals surface area contributed by atoms with Crippen LogP contribution in [0.2, 0.25) is 0 Å². The molecule has 0 bridgehead atoms. The number of pyridine rings is 1. The Labute approximate surface area is 193 Å². The molecule has 4 N–H and O–H groups in total. The second-order valence-electron chi connectivity index (χ2n) is 8.19. The first-order valence-electron chi connectivity index (χ1n) is 10.5. The van der Waals surface area contributed by atoms with Crippen LogP contribution in [-0.4, -0.2) is 20.8 Å². The Kier molecular flexibility index (Phi) is 5.90. The molecular formula is C24H23F3N6O. The van der Waals surface area contributed by atoms with Gasteiger partial charge in [-0.25, -0.2) is 14.5 Å². The molecule has 0 saturated carbocycles. The third-order valence-electron chi connectivity index (χ3n) is 5.33. The number of amides is 2. The van der Waals surface area contributed by atoms with E-state index in [9.17, 15) is 18.0 Å². The number of rotatable bonds is 4. The van der Waals surface area contributed by atoms with Crippen LogP contribution in [0.4, 0.5) is 35.2 Å². The van der Waals surface area contributed by atoms with Gasteiger partial charge in [0.25, 0.3) is 0 Å². The van der Waals surface area contributed by atoms with E-state index in [1.807, 2.05) is 32.0 Å². The third-order valence-corrected chi connectivity index (χ3v) is 5.33. The zero-order chi connectivity index (χ0) is 24.6. The molecule has 0 aliphatic carbocycles. The first-order valence-corrected chi connectivity index (χ1v) is 10.5. The van der Waals surface area contributed by atoms with Crippen LogP contribution >= 0.6 is 0 Å². The number of aryl methyl sites for hydroxylation is 1. The summed E-state index contributed by atoms with van der Waals surface area (Å²) >= 11 is 0. The Balaban J connectivity index is 1.56. The number of nitrogens with one attached hydrogen (secondary N) is 2. The Morgan fingerprint density at radius 1 is 1.03 bits per heavy atom. The van der Waals surface area contributed by atoms with Gasteiger partial charge in [0.2, 0.25) is 0 Å². The topological polar surface area (TPSA) is 97.9 Å². The van der Waals surface area contributed by atoms with E-state index in [2.05, 4.69) is 20.7 Å². The average Bonchev–Trinajstić information content (AvgIpc) is 3.06. The number of anilines is 3. The SMILES string of the molecule is CC(C)c1cc(-c2ccc(NC(=O)Nc3cccc(C(F)(F)F)c3)cc2)c2c(N)nn(C)c2n1. The highest BCUT2D eigenvalue weighted by Crippen LogP contribution is 2.34. The van der Waals surface area contributed by atoms with E-state index < -0.39 is 17.8 Å². The Bertz CT molecular complexity index is 1360. The lowest BCUT2D eigenvalue weighted by molar-refractivity contribution is -0.137. The molecule has 0 atom stereocenters. The van der Waals surface area contributed by atoms with Gasteiger partial charge in [-0.05, 0) is 53.4 Å². The van der Waals surface area contributed by atoms with Gasteiger partial charge >= 0.3 is 12.2 Å². The van der Waals surface area contributed by atoms with Crippen LogP contribution in [0.25, 0.3) is 22.2 Å². The number of aromatic nitrogens is 3. The third kappa shape index (κ3) is 4.66. The zero-order valence-corrected chi connectivity index (χ0v) is 18.7. The van der Waals surface area contributed by atoms with Crippen molar-refractivity contribution in [3.05, 3.63) is 65.9 Å². The van der Waals surface area contributed by atoms with Crippen molar-refractivity contribution in [2.45, 2.75) is 25.9 Å². The summed E-state index contributed by atoms with van der Waals surface area (Å²) < 4.78 is 40.3. The highest BCUT2D eigenvalue weighted by atomic mass is 19.4. The van der Waals surface area contributed by atoms with Gasteiger partial charge in [0.1, 0.15) is 0 Å². The average molecular weight is 468 g/mol. The summed E-state index contributed by atoms with van der Waals surface area (Å²) in [4.78, 5) is 17.0. The van der Waals surface area contributed by atoms with Gasteiger partial charge in [-0.1, -0.05) is 32.0 Å². The number of carbonyl (C=O) groups excluding carboxylic acids is 1. The number of urea groups is 1. The number of nitrogens with two attached hydrogens (primary N) is 1. The monoisotopic (exact) mass is 468 g/mol. The molecule has 10 heteroatoms. The molecule has 0 radical (unpaired) electrons. The van der Waals surface area contributed by atoms with Crippen LogP contribution in [0.3, 0.4) is 0 Å². The van der Waals surface area contributed by atoms with Crippen LogP contribution in [0.15, 0.2) is 54.6 Å². The second-order valence-corrected chi connectivity index (χ2v) is 8.19. The fourth-order valence-electron chi connectivity index (χ4n) is 3.62. The fraction of sp³-hybridized carbons (Fsp3) is 0.208. The van der Waals surface area contributed by atoms with E-state index in [1.165, 1.54) is 12.1 Å². The van der Waals surface area contributed by atoms with E-state index in [1.54, 1.807) is 23.9 Å². The van der Waals surface area contributed by atoms with Gasteiger partial charge in [-0.15, -0.1) is 0 Å². The largest absolute Gasteiger partial charge is 0.416 e. The number of nitrogen functional groups attached to an aromatic ring is 1. The van der Waals surface area contributed by atoms with Gasteiger partial charge in [0.15, 0.2) is 11.5 Å². The quantitative estimate of drug-likeness (QED) is 0.342. The van der Waals surface area contributed by atoms with Crippen molar-refractivity contribution < 1.29 is 18.0 Å². The van der Waals surface area contributed by atoms with E-state index in [0.29, 0.717) is 17.2 Å². The molecule has 2 aromatic heterocycles. The molecule has 0 aliphatic rings. The fourth-order valence-corrected chi connectivity index (χ4v) is 3.62. The summed E-state index contributed by atoms with van der Waals surface area (Å²) in [6.07, 6.45) is -4.49. The smallest absolute Gasteiger partial charge is 0.382 e. The number of hydrogen-bond donors (Lipinski definition) is 3. The maximum Gasteiger partial charge on any atom is 0.416 e. The minimum absolute atomic E-state index is 0.0383. The van der Waals surface area contributed by atoms with Crippen LogP contribution in [-0.2, 0) is 13.2 Å². The molecule has 2 amide bonds. The number of halogens is 3. The summed E-state index contributed by atoms with van der Waals surface area (Å²) in [6, 6.07) is 12.8. The standard InChI is InChI=1S/C24H23F3N6O/c1-13(2)19-12-18(20-21(28)32-33(3)22(20)31-19)14-7-9-16(10-8-14)29-23(34)30-17-6-4-5-15(11-17)24(25,26)27/h4-13H,1-3H3,(H2,28,32)(H2,29,30,34). The minimum Gasteiger partial charge on any atom is -0.382 e. The first kappa shape index (κ1) is 23.1. The highest BCUT2D eigenvalue weighted by molar-refractivity contribution is 6.02. The summed E-state index contributed by atoms with van der Waals surface area (Å²) in [5, 5.41) is 10.1. The predicted molar refractivity (Wildman–Crippen MR) is 127 cm³/mol. The van der Waals surface area contributed by atoms with Crippen LogP contribution < -0.4 is 16.4 Å². The Morgan fingerprint density at radius 3 is 2.35 bits per heavy atom. The van der Waals surface area contributed by atoms with E-state index in [-0.39, 0.29) is 11.6 Å². The van der Waals surface area contributed by atoms with Crippen molar-refractivity contribution in [3.8, 4) is 11.1 Å². The summed E-state index contributed by atoms with van der Waals surface area (Å²) in [7, 11) is 1.79. The molecule has 0 aliphatic heterocycles. The second kappa shape index (κ2) is 8.69. The van der Waals surface area contributed by atoms with E-state index in [4.69, 9.17) is 5.73 Å². The van der Waals surface area contributed by atoms with Gasteiger partial charge in [-0.2, -0.15) is 18.3 Å². The van der Waals surface area contributed by atoms with Crippen molar-refractivity contribution in [1.82, 2.24) is 14.8 Å². The number of carbonyl (C=O) groups is 1. The van der Waals surface area contributed by atoms with Gasteiger partial charge in [0, 0.05) is 24.1 Å². The number of hydrogen-bond acceptors (Lipinski definition) is 4. The maximum absolute atomic E-state index is 12.9. The summed E-state index contributed by atoms with van der Waals surface area (Å²) in [5.74, 6) is 0.567. The van der Waals surface area contributed by atoms with Crippen LogP contribution in [0.5, 0.6) is 0 Å². The Morgan fingerprint density at radius 2 is 1.71 bits per heavy atom. The highest BCUT2D eigenvalue weighted by Gasteiger charge is 2.30. The van der Waals surface area contributed by atoms with Gasteiger partial charge < -0.3 is 16.4 Å². The van der Waals surface area contributed by atoms with Gasteiger partial charge in [-0.3, -0.25) is 0 Å². The predicted octanol–water partition coefficient (Wildman–Crippen LogP) is 6.00. The molecule has 7 nitrogen and oxygen atoms in total. The minimum atomic E-state index is -4.49. The molecule has 176 valence electrons. The van der Waals surface area contributed by atoms with Gasteiger partial charge in [0.05, 0.1) is 10.9 Å². The molecule has 34 heavy (non-hydrogen) atoms. The summed E-state index contributed by atoms with van der Waals surface area (Å²) in [5.41, 5.74) is 9.13. The van der Waals surface area contributed by atoms with Crippen LogP contribution in [0, 0.1) is 0 Å². The normalized spacial score (nSPS) is 11.7. The number of alkyl halides is 3. The molecular weight excluding hydrogens is 445 g/mol. The van der Waals surface area contributed by atoms with Crippen molar-refractivity contribution in [1.29, 1.82) is 0 Å². The molecule has 0 spiro atoms. The lowest BCUT2D eigenvalue weighted by Crippen LogP contribution is -2.19. The number of benzene rings is 2. The molecule has 2 heterocycles.